The summed E-state index contributed by atoms with van der Waals surface area (Å²) in [5, 5.41) is 8.76. The Kier molecular flexibility index (Phi) is 5.11. The molecule has 1 N–H and O–H groups in total. The van der Waals surface area contributed by atoms with Crippen LogP contribution >= 0.6 is 0 Å². The Hall–Kier alpha value is -2.08. The van der Waals surface area contributed by atoms with Gasteiger partial charge in [0.05, 0.1) is 24.4 Å². The van der Waals surface area contributed by atoms with Crippen LogP contribution in [0.2, 0.25) is 0 Å². The second-order valence-electron chi connectivity index (χ2n) is 7.36. The van der Waals surface area contributed by atoms with Crippen molar-refractivity contribution in [1.82, 2.24) is 9.78 Å². The molecule has 1 aliphatic carbocycles. The molecule has 2 aromatic rings. The number of hydrogen-bond acceptors (Lipinski definition) is 4. The zero-order valence-corrected chi connectivity index (χ0v) is 15.4. The van der Waals surface area contributed by atoms with Gasteiger partial charge in [0.2, 0.25) is 0 Å². The molecule has 6 heteroatoms. The van der Waals surface area contributed by atoms with E-state index in [0.29, 0.717) is 24.1 Å². The average Bonchev–Trinajstić information content (AvgIpc) is 3.11. The smallest absolute Gasteiger partial charge is 0.253 e. The molecular weight excluding hydrogens is 330 g/mol. The molecule has 1 amide bonds. The molecule has 1 saturated carbocycles. The van der Waals surface area contributed by atoms with Gasteiger partial charge in [0.25, 0.3) is 5.91 Å². The number of fused-ring (bicyclic) bond motifs is 1. The second-order valence-corrected chi connectivity index (χ2v) is 7.36. The van der Waals surface area contributed by atoms with Crippen LogP contribution in [0.15, 0.2) is 18.3 Å². The molecule has 1 aromatic carbocycles. The number of nitrogens with zero attached hydrogens (tertiary/aromatic N) is 2. The van der Waals surface area contributed by atoms with Gasteiger partial charge in [-0.25, -0.2) is 0 Å². The average molecular weight is 357 g/mol. The number of ether oxygens (including phenoxy) is 2. The van der Waals surface area contributed by atoms with Crippen molar-refractivity contribution in [2.24, 2.45) is 0 Å². The maximum atomic E-state index is 12.5. The molecule has 1 saturated heterocycles. The van der Waals surface area contributed by atoms with Gasteiger partial charge in [-0.1, -0.05) is 19.3 Å². The molecule has 6 nitrogen and oxygen atoms in total. The Bertz CT molecular complexity index is 774. The number of aromatic nitrogens is 2. The van der Waals surface area contributed by atoms with Crippen molar-refractivity contribution in [2.75, 3.05) is 19.0 Å². The third kappa shape index (κ3) is 3.56. The number of nitrogens with one attached hydrogen (secondary N) is 1. The molecule has 2 fully saturated rings. The second kappa shape index (κ2) is 7.66. The van der Waals surface area contributed by atoms with Gasteiger partial charge in [-0.3, -0.25) is 9.48 Å². The summed E-state index contributed by atoms with van der Waals surface area (Å²) < 4.78 is 13.2. The van der Waals surface area contributed by atoms with E-state index in [4.69, 9.17) is 14.6 Å². The van der Waals surface area contributed by atoms with Crippen LogP contribution in [0.5, 0.6) is 5.75 Å². The van der Waals surface area contributed by atoms with Crippen LogP contribution in [0.3, 0.4) is 0 Å². The van der Waals surface area contributed by atoms with Crippen molar-refractivity contribution in [1.29, 1.82) is 0 Å². The standard InChI is InChI=1S/C20H27N3O3/c1-25-19-12-16-14(13-23(22-16)15-7-3-2-4-8-15)11-17(19)21-20(24)18-9-5-6-10-26-18/h11-13,15,18H,2-10H2,1H3,(H,21,24)/t18-/m0/s1. The third-order valence-electron chi connectivity index (χ3n) is 5.52. The van der Waals surface area contributed by atoms with E-state index >= 15 is 0 Å². The van der Waals surface area contributed by atoms with Gasteiger partial charge in [0, 0.05) is 24.3 Å². The highest BCUT2D eigenvalue weighted by Gasteiger charge is 2.23. The van der Waals surface area contributed by atoms with E-state index in [1.54, 1.807) is 7.11 Å². The topological polar surface area (TPSA) is 65.4 Å². The van der Waals surface area contributed by atoms with Crippen LogP contribution in [-0.2, 0) is 9.53 Å². The molecule has 4 rings (SSSR count). The molecule has 0 unspecified atom stereocenters. The molecule has 2 heterocycles. The minimum absolute atomic E-state index is 0.0953. The molecule has 0 spiro atoms. The molecule has 140 valence electrons. The Labute approximate surface area is 153 Å². The maximum absolute atomic E-state index is 12.5. The van der Waals surface area contributed by atoms with E-state index in [2.05, 4.69) is 16.2 Å². The van der Waals surface area contributed by atoms with Gasteiger partial charge >= 0.3 is 0 Å². The summed E-state index contributed by atoms with van der Waals surface area (Å²) in [5.41, 5.74) is 1.58. The maximum Gasteiger partial charge on any atom is 0.253 e. The molecule has 0 radical (unpaired) electrons. The van der Waals surface area contributed by atoms with Crippen molar-refractivity contribution in [3.63, 3.8) is 0 Å². The first-order chi connectivity index (χ1) is 12.7. The molecule has 1 aromatic heterocycles. The first-order valence-corrected chi connectivity index (χ1v) is 9.74. The van der Waals surface area contributed by atoms with Crippen LogP contribution in [0.25, 0.3) is 10.9 Å². The van der Waals surface area contributed by atoms with Crippen LogP contribution < -0.4 is 10.1 Å². The minimum Gasteiger partial charge on any atom is -0.494 e. The lowest BCUT2D eigenvalue weighted by Gasteiger charge is -2.22. The number of rotatable bonds is 4. The number of benzene rings is 1. The highest BCUT2D eigenvalue weighted by Crippen LogP contribution is 2.33. The number of methoxy groups -OCH3 is 1. The summed E-state index contributed by atoms with van der Waals surface area (Å²) in [7, 11) is 1.62. The fourth-order valence-electron chi connectivity index (χ4n) is 4.03. The number of carbonyl (C=O) groups excluding carboxylic acids is 1. The summed E-state index contributed by atoms with van der Waals surface area (Å²) in [6, 6.07) is 4.35. The lowest BCUT2D eigenvalue weighted by molar-refractivity contribution is -0.129. The Morgan fingerprint density at radius 3 is 2.73 bits per heavy atom. The zero-order valence-electron chi connectivity index (χ0n) is 15.4. The van der Waals surface area contributed by atoms with Crippen LogP contribution in [0, 0.1) is 0 Å². The van der Waals surface area contributed by atoms with Gasteiger partial charge < -0.3 is 14.8 Å². The largest absolute Gasteiger partial charge is 0.494 e. The Morgan fingerprint density at radius 2 is 2.00 bits per heavy atom. The van der Waals surface area contributed by atoms with Crippen LogP contribution in [-0.4, -0.2) is 35.5 Å². The lowest BCUT2D eigenvalue weighted by atomic mass is 9.96. The molecule has 1 aliphatic heterocycles. The summed E-state index contributed by atoms with van der Waals surface area (Å²) in [6.45, 7) is 0.655. The van der Waals surface area contributed by atoms with E-state index in [1.807, 2.05) is 12.1 Å². The molecule has 0 bridgehead atoms. The van der Waals surface area contributed by atoms with Gasteiger partial charge in [-0.2, -0.15) is 5.10 Å². The zero-order chi connectivity index (χ0) is 17.9. The van der Waals surface area contributed by atoms with Crippen molar-refractivity contribution in [2.45, 2.75) is 63.5 Å². The number of anilines is 1. The highest BCUT2D eigenvalue weighted by atomic mass is 16.5. The predicted molar refractivity (Wildman–Crippen MR) is 101 cm³/mol. The van der Waals surface area contributed by atoms with Crippen molar-refractivity contribution < 1.29 is 14.3 Å². The molecule has 1 atom stereocenters. The predicted octanol–water partition coefficient (Wildman–Crippen LogP) is 4.06. The van der Waals surface area contributed by atoms with Crippen LogP contribution in [0.4, 0.5) is 5.69 Å². The van der Waals surface area contributed by atoms with Gasteiger partial charge in [-0.05, 0) is 38.2 Å². The first-order valence-electron chi connectivity index (χ1n) is 9.74. The minimum atomic E-state index is -0.367. The summed E-state index contributed by atoms with van der Waals surface area (Å²) >= 11 is 0. The van der Waals surface area contributed by atoms with E-state index in [0.717, 1.165) is 30.2 Å². The summed E-state index contributed by atoms with van der Waals surface area (Å²) in [6.07, 6.45) is 10.8. The molecule has 26 heavy (non-hydrogen) atoms. The van der Waals surface area contributed by atoms with Crippen molar-refractivity contribution >= 4 is 22.5 Å². The lowest BCUT2D eigenvalue weighted by Crippen LogP contribution is -2.33. The molecule has 2 aliphatic rings. The van der Waals surface area contributed by atoms with E-state index in [-0.39, 0.29) is 12.0 Å². The van der Waals surface area contributed by atoms with E-state index < -0.39 is 0 Å². The SMILES string of the molecule is COc1cc2nn(C3CCCCC3)cc2cc1NC(=O)[C@@H]1CCCCO1. The number of carbonyl (C=O) groups is 1. The quantitative estimate of drug-likeness (QED) is 0.896. The first kappa shape index (κ1) is 17.3. The monoisotopic (exact) mass is 357 g/mol. The van der Waals surface area contributed by atoms with E-state index in [1.165, 1.54) is 32.1 Å². The van der Waals surface area contributed by atoms with Gasteiger partial charge in [0.15, 0.2) is 0 Å². The Morgan fingerprint density at radius 1 is 1.19 bits per heavy atom. The third-order valence-corrected chi connectivity index (χ3v) is 5.52. The fraction of sp³-hybridized carbons (Fsp3) is 0.600. The normalized spacial score (nSPS) is 21.7. The van der Waals surface area contributed by atoms with Gasteiger partial charge in [-0.15, -0.1) is 0 Å². The fourth-order valence-corrected chi connectivity index (χ4v) is 4.03. The number of amides is 1. The number of hydrogen-bond donors (Lipinski definition) is 1. The van der Waals surface area contributed by atoms with E-state index in [9.17, 15) is 4.79 Å². The summed E-state index contributed by atoms with van der Waals surface area (Å²) in [5.74, 6) is 0.539. The van der Waals surface area contributed by atoms with Crippen LogP contribution in [0.1, 0.15) is 57.4 Å². The summed E-state index contributed by atoms with van der Waals surface area (Å²) in [4.78, 5) is 12.5. The van der Waals surface area contributed by atoms with Crippen molar-refractivity contribution in [3.8, 4) is 5.75 Å². The highest BCUT2D eigenvalue weighted by molar-refractivity contribution is 5.98. The van der Waals surface area contributed by atoms with Crippen molar-refractivity contribution in [3.05, 3.63) is 18.3 Å². The molecular formula is C20H27N3O3. The Balaban J connectivity index is 1.58. The van der Waals surface area contributed by atoms with Gasteiger partial charge in [0.1, 0.15) is 11.9 Å².